The Morgan fingerprint density at radius 3 is 2.21 bits per heavy atom. The van der Waals surface area contributed by atoms with Gasteiger partial charge in [0.2, 0.25) is 0 Å². The van der Waals surface area contributed by atoms with Gasteiger partial charge in [-0.15, -0.1) is 0 Å². The van der Waals surface area contributed by atoms with Gasteiger partial charge in [0.15, 0.2) is 0 Å². The van der Waals surface area contributed by atoms with Gasteiger partial charge in [-0.25, -0.2) is 4.39 Å². The van der Waals surface area contributed by atoms with Crippen LogP contribution in [0.2, 0.25) is 0 Å². The monoisotopic (exact) mass is 391 g/mol. The summed E-state index contributed by atoms with van der Waals surface area (Å²) >= 11 is 0. The first-order valence-electron chi connectivity index (χ1n) is 9.66. The van der Waals surface area contributed by atoms with Crippen LogP contribution >= 0.6 is 0 Å². The Bertz CT molecular complexity index is 947. The smallest absolute Gasteiger partial charge is 0.254 e. The number of benzene rings is 3. The number of halogens is 1. The van der Waals surface area contributed by atoms with E-state index in [4.69, 9.17) is 4.74 Å². The minimum atomic E-state index is -0.396. The molecule has 3 nitrogen and oxygen atoms in total. The average molecular weight is 391 g/mol. The molecular formula is C25H26FNO2. The summed E-state index contributed by atoms with van der Waals surface area (Å²) < 4.78 is 19.1. The summed E-state index contributed by atoms with van der Waals surface area (Å²) in [6.45, 7) is 6.89. The van der Waals surface area contributed by atoms with E-state index in [2.05, 4.69) is 0 Å². The zero-order chi connectivity index (χ0) is 20.9. The van der Waals surface area contributed by atoms with Crippen LogP contribution in [-0.4, -0.2) is 16.3 Å². The third-order valence-electron chi connectivity index (χ3n) is 4.63. The summed E-state index contributed by atoms with van der Waals surface area (Å²) in [5.74, 6) is 0.273. The quantitative estimate of drug-likeness (QED) is 0.528. The molecule has 3 aromatic carbocycles. The topological polar surface area (TPSA) is 29.5 Å². The van der Waals surface area contributed by atoms with Crippen LogP contribution in [0.4, 0.5) is 4.39 Å². The molecule has 0 spiro atoms. The molecule has 0 aliphatic heterocycles. The second-order valence-electron chi connectivity index (χ2n) is 7.99. The Kier molecular flexibility index (Phi) is 6.32. The molecule has 0 bridgehead atoms. The van der Waals surface area contributed by atoms with Crippen LogP contribution in [0.3, 0.4) is 0 Å². The van der Waals surface area contributed by atoms with E-state index in [0.29, 0.717) is 18.7 Å². The lowest BCUT2D eigenvalue weighted by Crippen LogP contribution is -2.45. The van der Waals surface area contributed by atoms with Crippen LogP contribution in [0.15, 0.2) is 78.9 Å². The standard InChI is InChI=1S/C25H26FNO2/c1-25(2,3)27(24(28)21-12-14-22(26)15-13-21)17-20-10-7-11-23(16-20)29-18-19-8-5-4-6-9-19/h4-16H,17-18H2,1-3H3. The fraction of sp³-hybridized carbons (Fsp3) is 0.240. The van der Waals surface area contributed by atoms with Gasteiger partial charge >= 0.3 is 0 Å². The summed E-state index contributed by atoms with van der Waals surface area (Å²) in [5.41, 5.74) is 2.14. The Balaban J connectivity index is 1.75. The van der Waals surface area contributed by atoms with Crippen LogP contribution in [0, 0.1) is 5.82 Å². The molecule has 0 atom stereocenters. The lowest BCUT2D eigenvalue weighted by molar-refractivity contribution is 0.0558. The number of ether oxygens (including phenoxy) is 1. The van der Waals surface area contributed by atoms with Crippen molar-refractivity contribution in [2.75, 3.05) is 0 Å². The maximum atomic E-state index is 13.2. The van der Waals surface area contributed by atoms with E-state index in [0.717, 1.165) is 16.9 Å². The summed E-state index contributed by atoms with van der Waals surface area (Å²) in [4.78, 5) is 14.9. The molecule has 0 heterocycles. The van der Waals surface area contributed by atoms with Crippen molar-refractivity contribution in [1.82, 2.24) is 4.90 Å². The maximum absolute atomic E-state index is 13.2. The van der Waals surface area contributed by atoms with E-state index in [1.807, 2.05) is 75.4 Å². The average Bonchev–Trinajstić information content (AvgIpc) is 2.71. The third kappa shape index (κ3) is 5.67. The largest absolute Gasteiger partial charge is 0.489 e. The Morgan fingerprint density at radius 1 is 0.897 bits per heavy atom. The van der Waals surface area contributed by atoms with E-state index in [1.54, 1.807) is 4.90 Å². The number of carbonyl (C=O) groups is 1. The van der Waals surface area contributed by atoms with Gasteiger partial charge < -0.3 is 9.64 Å². The van der Waals surface area contributed by atoms with Gasteiger partial charge in [0.25, 0.3) is 5.91 Å². The van der Waals surface area contributed by atoms with Crippen molar-refractivity contribution in [2.24, 2.45) is 0 Å². The molecule has 0 saturated heterocycles. The summed E-state index contributed by atoms with van der Waals surface area (Å²) in [6, 6.07) is 23.4. The number of nitrogens with zero attached hydrogens (tertiary/aromatic N) is 1. The highest BCUT2D eigenvalue weighted by atomic mass is 19.1. The minimum Gasteiger partial charge on any atom is -0.489 e. The van der Waals surface area contributed by atoms with Crippen LogP contribution < -0.4 is 4.74 Å². The van der Waals surface area contributed by atoms with Gasteiger partial charge in [0.1, 0.15) is 18.2 Å². The zero-order valence-electron chi connectivity index (χ0n) is 17.1. The minimum absolute atomic E-state index is 0.131. The molecule has 0 fully saturated rings. The fourth-order valence-electron chi connectivity index (χ4n) is 3.02. The van der Waals surface area contributed by atoms with Crippen molar-refractivity contribution in [2.45, 2.75) is 39.5 Å². The molecule has 0 saturated carbocycles. The number of rotatable bonds is 6. The molecule has 1 amide bonds. The van der Waals surface area contributed by atoms with Crippen LogP contribution in [0.5, 0.6) is 5.75 Å². The van der Waals surface area contributed by atoms with Crippen LogP contribution in [0.1, 0.15) is 42.3 Å². The Morgan fingerprint density at radius 2 is 1.55 bits per heavy atom. The molecule has 0 unspecified atom stereocenters. The molecule has 0 radical (unpaired) electrons. The lowest BCUT2D eigenvalue weighted by atomic mass is 10.0. The van der Waals surface area contributed by atoms with E-state index in [9.17, 15) is 9.18 Å². The van der Waals surface area contributed by atoms with Gasteiger partial charge in [-0.3, -0.25) is 4.79 Å². The second-order valence-corrected chi connectivity index (χ2v) is 7.99. The molecule has 150 valence electrons. The molecule has 0 aliphatic carbocycles. The van der Waals surface area contributed by atoms with E-state index < -0.39 is 5.54 Å². The van der Waals surface area contributed by atoms with E-state index in [-0.39, 0.29) is 11.7 Å². The lowest BCUT2D eigenvalue weighted by Gasteiger charge is -2.36. The zero-order valence-corrected chi connectivity index (χ0v) is 17.1. The highest BCUT2D eigenvalue weighted by Crippen LogP contribution is 2.23. The molecule has 3 aromatic rings. The van der Waals surface area contributed by atoms with Crippen LogP contribution in [0.25, 0.3) is 0 Å². The predicted molar refractivity (Wildman–Crippen MR) is 113 cm³/mol. The molecule has 4 heteroatoms. The Hall–Kier alpha value is -3.14. The van der Waals surface area contributed by atoms with Crippen molar-refractivity contribution < 1.29 is 13.9 Å². The number of amides is 1. The molecule has 29 heavy (non-hydrogen) atoms. The van der Waals surface area contributed by atoms with Gasteiger partial charge in [-0.2, -0.15) is 0 Å². The predicted octanol–water partition coefficient (Wildman–Crippen LogP) is 5.85. The SMILES string of the molecule is CC(C)(C)N(Cc1cccc(OCc2ccccc2)c1)C(=O)c1ccc(F)cc1. The first-order valence-corrected chi connectivity index (χ1v) is 9.66. The van der Waals surface area contributed by atoms with E-state index in [1.165, 1.54) is 24.3 Å². The van der Waals surface area contributed by atoms with Crippen molar-refractivity contribution in [3.63, 3.8) is 0 Å². The number of hydrogen-bond acceptors (Lipinski definition) is 2. The van der Waals surface area contributed by atoms with Gasteiger partial charge in [-0.05, 0) is 68.3 Å². The molecule has 3 rings (SSSR count). The van der Waals surface area contributed by atoms with Crippen molar-refractivity contribution in [3.8, 4) is 5.75 Å². The summed E-state index contributed by atoms with van der Waals surface area (Å²) in [6.07, 6.45) is 0. The van der Waals surface area contributed by atoms with Crippen LogP contribution in [-0.2, 0) is 13.2 Å². The van der Waals surface area contributed by atoms with Crippen molar-refractivity contribution in [3.05, 3.63) is 101 Å². The molecule has 0 aromatic heterocycles. The first-order chi connectivity index (χ1) is 13.8. The highest BCUT2D eigenvalue weighted by molar-refractivity contribution is 5.94. The maximum Gasteiger partial charge on any atom is 0.254 e. The van der Waals surface area contributed by atoms with Gasteiger partial charge in [0, 0.05) is 17.6 Å². The van der Waals surface area contributed by atoms with Gasteiger partial charge in [0.05, 0.1) is 0 Å². The Labute approximate surface area is 171 Å². The molecular weight excluding hydrogens is 365 g/mol. The van der Waals surface area contributed by atoms with Crippen molar-refractivity contribution >= 4 is 5.91 Å². The summed E-state index contributed by atoms with van der Waals surface area (Å²) in [7, 11) is 0. The molecule has 0 aliphatic rings. The molecule has 0 N–H and O–H groups in total. The number of hydrogen-bond donors (Lipinski definition) is 0. The third-order valence-corrected chi connectivity index (χ3v) is 4.63. The second kappa shape index (κ2) is 8.91. The van der Waals surface area contributed by atoms with E-state index >= 15 is 0 Å². The first kappa shape index (κ1) is 20.6. The van der Waals surface area contributed by atoms with Crippen molar-refractivity contribution in [1.29, 1.82) is 0 Å². The highest BCUT2D eigenvalue weighted by Gasteiger charge is 2.27. The van der Waals surface area contributed by atoms with Gasteiger partial charge in [-0.1, -0.05) is 42.5 Å². The normalized spacial score (nSPS) is 11.2. The number of carbonyl (C=O) groups excluding carboxylic acids is 1. The summed E-state index contributed by atoms with van der Waals surface area (Å²) in [5, 5.41) is 0. The fourth-order valence-corrected chi connectivity index (χ4v) is 3.02.